The third-order valence-corrected chi connectivity index (χ3v) is 7.74. The normalized spacial score (nSPS) is 24.3. The number of hydrogen-bond acceptors (Lipinski definition) is 6. The van der Waals surface area contributed by atoms with Crippen LogP contribution in [0.2, 0.25) is 10.0 Å². The number of alkyl halides is 3. The summed E-state index contributed by atoms with van der Waals surface area (Å²) in [6.45, 7) is 3.27. The summed E-state index contributed by atoms with van der Waals surface area (Å²) in [7, 11) is 0. The van der Waals surface area contributed by atoms with E-state index in [0.717, 1.165) is 35.0 Å². The minimum absolute atomic E-state index is 0.0390. The van der Waals surface area contributed by atoms with Crippen LogP contribution >= 0.6 is 23.2 Å². The Labute approximate surface area is 239 Å². The first kappa shape index (κ1) is 28.0. The van der Waals surface area contributed by atoms with Gasteiger partial charge in [0, 0.05) is 16.8 Å². The number of hydrogen-bond donors (Lipinski definition) is 1. The van der Waals surface area contributed by atoms with Crippen molar-refractivity contribution in [1.29, 1.82) is 0 Å². The van der Waals surface area contributed by atoms with Gasteiger partial charge in [-0.15, -0.1) is 0 Å². The van der Waals surface area contributed by atoms with Crippen LogP contribution in [0.3, 0.4) is 0 Å². The van der Waals surface area contributed by atoms with Gasteiger partial charge in [0.25, 0.3) is 0 Å². The lowest BCUT2D eigenvalue weighted by molar-refractivity contribution is -0.288. The van der Waals surface area contributed by atoms with E-state index in [4.69, 9.17) is 32.7 Å². The molecule has 41 heavy (non-hydrogen) atoms. The van der Waals surface area contributed by atoms with Gasteiger partial charge in [0.2, 0.25) is 0 Å². The van der Waals surface area contributed by atoms with E-state index in [9.17, 15) is 27.1 Å². The molecule has 8 nitrogen and oxygen atoms in total. The molecule has 0 bridgehead atoms. The lowest BCUT2D eigenvalue weighted by Crippen LogP contribution is -2.60. The lowest BCUT2D eigenvalue weighted by atomic mass is 9.89. The van der Waals surface area contributed by atoms with E-state index >= 15 is 0 Å². The molecule has 2 aliphatic rings. The van der Waals surface area contributed by atoms with Crippen molar-refractivity contribution in [2.45, 2.75) is 50.5 Å². The molecule has 15 heteroatoms. The SMILES string of the molecule is Cc1nc(C2OC3COC3C(n3cc(-c4cc(F)c(Cl)c(F)c4)c(C)n3)C2O)n(-c2cc(Cl)ccc2C(F)(F)F)n1. The standard InChI is InChI=1S/C26H20Cl2F5N5O3/c1-10-14(12-5-16(29)20(28)17(30)6-12)8-37(35-10)21-22(39)24(41-19-9-40-23(19)21)25-34-11(2)36-38(25)18-7-13(27)3-4-15(18)26(31,32)33/h3-8,19,21-24,39H,9H2,1-2H3. The quantitative estimate of drug-likeness (QED) is 0.231. The number of halogens is 7. The molecule has 2 aromatic heterocycles. The summed E-state index contributed by atoms with van der Waals surface area (Å²) in [6, 6.07) is 4.31. The van der Waals surface area contributed by atoms with Gasteiger partial charge in [-0.1, -0.05) is 23.2 Å². The lowest BCUT2D eigenvalue weighted by Gasteiger charge is -2.49. The van der Waals surface area contributed by atoms with Gasteiger partial charge in [-0.2, -0.15) is 23.4 Å². The highest BCUT2D eigenvalue weighted by Gasteiger charge is 2.54. The predicted molar refractivity (Wildman–Crippen MR) is 136 cm³/mol. The van der Waals surface area contributed by atoms with Crippen molar-refractivity contribution in [3.05, 3.63) is 81.1 Å². The monoisotopic (exact) mass is 615 g/mol. The van der Waals surface area contributed by atoms with Gasteiger partial charge in [-0.05, 0) is 49.7 Å². The second-order valence-electron chi connectivity index (χ2n) is 9.82. The van der Waals surface area contributed by atoms with Gasteiger partial charge in [0.15, 0.2) is 5.82 Å². The summed E-state index contributed by atoms with van der Waals surface area (Å²) in [4.78, 5) is 4.31. The van der Waals surface area contributed by atoms with E-state index in [2.05, 4.69) is 15.2 Å². The molecule has 216 valence electrons. The fourth-order valence-corrected chi connectivity index (χ4v) is 5.50. The second kappa shape index (κ2) is 10.0. The maximum atomic E-state index is 14.2. The molecule has 2 aliphatic heterocycles. The van der Waals surface area contributed by atoms with Crippen molar-refractivity contribution in [3.8, 4) is 16.8 Å². The number of aliphatic hydroxyl groups excluding tert-OH is 1. The zero-order chi connectivity index (χ0) is 29.4. The summed E-state index contributed by atoms with van der Waals surface area (Å²) in [6.07, 6.45) is -7.13. The van der Waals surface area contributed by atoms with E-state index in [1.807, 2.05) is 0 Å². The fourth-order valence-electron chi connectivity index (χ4n) is 5.23. The molecule has 6 rings (SSSR count). The van der Waals surface area contributed by atoms with E-state index < -0.39 is 58.9 Å². The first-order valence-electron chi connectivity index (χ1n) is 12.3. The number of aromatic nitrogens is 5. The number of benzene rings is 2. The van der Waals surface area contributed by atoms with Crippen molar-refractivity contribution in [1.82, 2.24) is 24.5 Å². The van der Waals surface area contributed by atoms with Gasteiger partial charge in [0.05, 0.1) is 23.6 Å². The molecule has 1 N–H and O–H groups in total. The Kier molecular flexibility index (Phi) is 6.85. The summed E-state index contributed by atoms with van der Waals surface area (Å²) < 4.78 is 84.2. The van der Waals surface area contributed by atoms with Crippen LogP contribution in [-0.2, 0) is 15.7 Å². The number of rotatable bonds is 4. The van der Waals surface area contributed by atoms with Crippen molar-refractivity contribution >= 4 is 23.2 Å². The summed E-state index contributed by atoms with van der Waals surface area (Å²) >= 11 is 11.7. The summed E-state index contributed by atoms with van der Waals surface area (Å²) in [5.74, 6) is -1.84. The maximum absolute atomic E-state index is 14.2. The van der Waals surface area contributed by atoms with Crippen LogP contribution in [0.5, 0.6) is 0 Å². The Balaban J connectivity index is 1.42. The Morgan fingerprint density at radius 3 is 2.39 bits per heavy atom. The van der Waals surface area contributed by atoms with E-state index in [0.29, 0.717) is 11.3 Å². The number of nitrogens with zero attached hydrogens (tertiary/aromatic N) is 5. The molecule has 4 aromatic rings. The highest BCUT2D eigenvalue weighted by Crippen LogP contribution is 2.45. The average Bonchev–Trinajstić information content (AvgIpc) is 3.45. The number of fused-ring (bicyclic) bond motifs is 1. The molecule has 2 aromatic carbocycles. The number of ether oxygens (including phenoxy) is 2. The van der Waals surface area contributed by atoms with Crippen molar-refractivity contribution in [3.63, 3.8) is 0 Å². The highest BCUT2D eigenvalue weighted by atomic mass is 35.5. The van der Waals surface area contributed by atoms with Gasteiger partial charge in [-0.3, -0.25) is 4.68 Å². The molecule has 0 aliphatic carbocycles. The Morgan fingerprint density at radius 1 is 1.05 bits per heavy atom. The van der Waals surface area contributed by atoms with E-state index in [-0.39, 0.29) is 34.5 Å². The van der Waals surface area contributed by atoms with Crippen molar-refractivity contribution < 1.29 is 36.5 Å². The topological polar surface area (TPSA) is 87.2 Å². The molecule has 0 radical (unpaired) electrons. The van der Waals surface area contributed by atoms with Crippen molar-refractivity contribution in [2.24, 2.45) is 0 Å². The molecule has 5 atom stereocenters. The van der Waals surface area contributed by atoms with Crippen LogP contribution in [0, 0.1) is 25.5 Å². The third kappa shape index (κ3) is 4.79. The van der Waals surface area contributed by atoms with Gasteiger partial charge in [-0.25, -0.2) is 18.4 Å². The summed E-state index contributed by atoms with van der Waals surface area (Å²) in [5, 5.41) is 19.6. The smallest absolute Gasteiger partial charge is 0.388 e. The number of aryl methyl sites for hydroxylation is 2. The highest BCUT2D eigenvalue weighted by molar-refractivity contribution is 6.31. The Bertz CT molecular complexity index is 1640. The van der Waals surface area contributed by atoms with Gasteiger partial charge in [0.1, 0.15) is 52.9 Å². The van der Waals surface area contributed by atoms with Crippen LogP contribution in [0.4, 0.5) is 22.0 Å². The maximum Gasteiger partial charge on any atom is 0.418 e. The van der Waals surface area contributed by atoms with Crippen LogP contribution < -0.4 is 0 Å². The molecule has 2 fully saturated rings. The third-order valence-electron chi connectivity index (χ3n) is 7.14. The van der Waals surface area contributed by atoms with Crippen LogP contribution in [-0.4, -0.2) is 54.6 Å². The Hall–Kier alpha value is -3.10. The molecular formula is C26H20Cl2F5N5O3. The molecule has 2 saturated heterocycles. The molecular weight excluding hydrogens is 596 g/mol. The summed E-state index contributed by atoms with van der Waals surface area (Å²) in [5.41, 5.74) is -0.449. The van der Waals surface area contributed by atoms with Crippen LogP contribution in [0.25, 0.3) is 16.8 Å². The fraction of sp³-hybridized carbons (Fsp3) is 0.346. The van der Waals surface area contributed by atoms with Gasteiger partial charge >= 0.3 is 6.18 Å². The minimum atomic E-state index is -4.73. The van der Waals surface area contributed by atoms with Crippen LogP contribution in [0.1, 0.15) is 35.1 Å². The van der Waals surface area contributed by atoms with Gasteiger partial charge < -0.3 is 14.6 Å². The molecule has 0 amide bonds. The molecule has 5 unspecified atom stereocenters. The Morgan fingerprint density at radius 2 is 1.76 bits per heavy atom. The van der Waals surface area contributed by atoms with E-state index in [1.54, 1.807) is 6.92 Å². The average molecular weight is 616 g/mol. The van der Waals surface area contributed by atoms with E-state index in [1.165, 1.54) is 17.8 Å². The molecule has 0 saturated carbocycles. The zero-order valence-electron chi connectivity index (χ0n) is 21.2. The predicted octanol–water partition coefficient (Wildman–Crippen LogP) is 5.79. The molecule has 4 heterocycles. The van der Waals surface area contributed by atoms with Crippen LogP contribution in [0.15, 0.2) is 36.5 Å². The van der Waals surface area contributed by atoms with Crippen molar-refractivity contribution in [2.75, 3.05) is 6.61 Å². The minimum Gasteiger partial charge on any atom is -0.388 e. The second-order valence-corrected chi connectivity index (χ2v) is 10.6. The zero-order valence-corrected chi connectivity index (χ0v) is 22.7. The number of aliphatic hydroxyl groups is 1. The first-order valence-corrected chi connectivity index (χ1v) is 13.1. The molecule has 0 spiro atoms. The largest absolute Gasteiger partial charge is 0.418 e. The first-order chi connectivity index (χ1) is 19.3.